The molecule has 0 radical (unpaired) electrons. The molecule has 1 fully saturated rings. The van der Waals surface area contributed by atoms with Gasteiger partial charge in [-0.1, -0.05) is 30.3 Å². The highest BCUT2D eigenvalue weighted by Gasteiger charge is 2.47. The molecule has 1 saturated heterocycles. The predicted molar refractivity (Wildman–Crippen MR) is 134 cm³/mol. The van der Waals surface area contributed by atoms with Gasteiger partial charge in [-0.05, 0) is 36.8 Å². The summed E-state index contributed by atoms with van der Waals surface area (Å²) in [5.74, 6) is -1.90. The average Bonchev–Trinajstić information content (AvgIpc) is 3.35. The van der Waals surface area contributed by atoms with E-state index in [-0.39, 0.29) is 24.0 Å². The summed E-state index contributed by atoms with van der Waals surface area (Å²) in [5.41, 5.74) is 0.900. The molecule has 202 valence electrons. The minimum atomic E-state index is -1.47. The number of Topliss-reactive ketones (excluding diaryl/α,β-unsaturated/α-hetero) is 1. The first-order chi connectivity index (χ1) is 18.7. The highest BCUT2D eigenvalue weighted by molar-refractivity contribution is 6.22. The fourth-order valence-electron chi connectivity index (χ4n) is 4.74. The molecule has 3 heterocycles. The van der Waals surface area contributed by atoms with Crippen molar-refractivity contribution in [1.29, 1.82) is 0 Å². The second kappa shape index (κ2) is 10.8. The molecule has 0 aliphatic carbocycles. The van der Waals surface area contributed by atoms with Crippen molar-refractivity contribution in [3.05, 3.63) is 83.6 Å². The molecule has 12 nitrogen and oxygen atoms in total. The van der Waals surface area contributed by atoms with Crippen molar-refractivity contribution in [2.75, 3.05) is 6.54 Å². The Balaban J connectivity index is 1.14. The summed E-state index contributed by atoms with van der Waals surface area (Å²) in [4.78, 5) is 64.5. The van der Waals surface area contributed by atoms with Crippen molar-refractivity contribution in [2.24, 2.45) is 0 Å². The van der Waals surface area contributed by atoms with E-state index in [0.29, 0.717) is 5.56 Å². The van der Waals surface area contributed by atoms with Gasteiger partial charge in [0.15, 0.2) is 12.0 Å². The Morgan fingerprint density at radius 1 is 0.923 bits per heavy atom. The number of aliphatic hydroxyl groups is 2. The Labute approximate surface area is 222 Å². The topological polar surface area (TPSA) is 166 Å². The first-order valence-corrected chi connectivity index (χ1v) is 12.4. The number of benzene rings is 2. The first-order valence-electron chi connectivity index (χ1n) is 12.4. The number of nitrogens with one attached hydrogen (secondary N) is 2. The van der Waals surface area contributed by atoms with Gasteiger partial charge in [0.1, 0.15) is 18.4 Å². The van der Waals surface area contributed by atoms with E-state index in [1.54, 1.807) is 42.5 Å². The number of amides is 5. The SMILES string of the molecule is O=C(CC[C@H]1O[C@@H](N2C=CC(NC(=O)c3ccccc3)NC2=O)[C@@H](O)C1O)CN1C(=O)c2ccccc2C1=O. The lowest BCUT2D eigenvalue weighted by Crippen LogP contribution is -2.57. The fourth-order valence-corrected chi connectivity index (χ4v) is 4.74. The third kappa shape index (κ3) is 5.17. The minimum Gasteiger partial charge on any atom is -0.388 e. The van der Waals surface area contributed by atoms with Crippen LogP contribution in [-0.4, -0.2) is 86.8 Å². The van der Waals surface area contributed by atoms with Gasteiger partial charge in [0.2, 0.25) is 0 Å². The van der Waals surface area contributed by atoms with E-state index in [4.69, 9.17) is 4.74 Å². The highest BCUT2D eigenvalue weighted by atomic mass is 16.6. The molecular formula is C27H26N4O8. The van der Waals surface area contributed by atoms with E-state index in [0.717, 1.165) is 9.80 Å². The van der Waals surface area contributed by atoms with Crippen LogP contribution in [0.15, 0.2) is 66.9 Å². The summed E-state index contributed by atoms with van der Waals surface area (Å²) < 4.78 is 5.72. The summed E-state index contributed by atoms with van der Waals surface area (Å²) in [6.45, 7) is -0.422. The summed E-state index contributed by atoms with van der Waals surface area (Å²) >= 11 is 0. The zero-order valence-corrected chi connectivity index (χ0v) is 20.6. The quantitative estimate of drug-likeness (QED) is 0.353. The molecular weight excluding hydrogens is 508 g/mol. The maximum absolute atomic E-state index is 12.7. The van der Waals surface area contributed by atoms with Crippen LogP contribution >= 0.6 is 0 Å². The number of nitrogens with zero attached hydrogens (tertiary/aromatic N) is 2. The summed E-state index contributed by atoms with van der Waals surface area (Å²) in [6.07, 6.45) is -3.19. The molecule has 2 unspecified atom stereocenters. The summed E-state index contributed by atoms with van der Waals surface area (Å²) in [6, 6.07) is 14.1. The lowest BCUT2D eigenvalue weighted by molar-refractivity contribution is -0.120. The summed E-state index contributed by atoms with van der Waals surface area (Å²) in [7, 11) is 0. The standard InChI is InChI=1S/C27H26N4O8/c32-16(14-31-24(36)17-8-4-5-9-18(17)25(31)37)10-11-19-21(33)22(34)26(39-19)30-13-12-20(29-27(30)38)28-23(35)15-6-2-1-3-7-15/h1-9,12-13,19-22,26,33-34H,10-11,14H2,(H,28,35)(H,29,38)/t19-,20?,21?,22+,26-/m1/s1. The highest BCUT2D eigenvalue weighted by Crippen LogP contribution is 2.29. The zero-order chi connectivity index (χ0) is 27.7. The second-order valence-electron chi connectivity index (χ2n) is 9.38. The van der Waals surface area contributed by atoms with Crippen LogP contribution < -0.4 is 10.6 Å². The van der Waals surface area contributed by atoms with Crippen LogP contribution in [0.3, 0.4) is 0 Å². The number of ketones is 1. The maximum atomic E-state index is 12.7. The number of hydrogen-bond donors (Lipinski definition) is 4. The van der Waals surface area contributed by atoms with E-state index in [2.05, 4.69) is 10.6 Å². The molecule has 5 amide bonds. The lowest BCUT2D eigenvalue weighted by atomic mass is 10.0. The molecule has 2 aromatic rings. The van der Waals surface area contributed by atoms with Crippen molar-refractivity contribution >= 4 is 29.5 Å². The number of carbonyl (C=O) groups is 5. The van der Waals surface area contributed by atoms with Gasteiger partial charge >= 0.3 is 6.03 Å². The van der Waals surface area contributed by atoms with Crippen LogP contribution in [0.5, 0.6) is 0 Å². The Bertz CT molecular complexity index is 1310. The van der Waals surface area contributed by atoms with Gasteiger partial charge < -0.3 is 25.6 Å². The molecule has 0 bridgehead atoms. The van der Waals surface area contributed by atoms with E-state index < -0.39 is 66.8 Å². The number of ether oxygens (including phenoxy) is 1. The Morgan fingerprint density at radius 3 is 2.21 bits per heavy atom. The average molecular weight is 535 g/mol. The van der Waals surface area contributed by atoms with Gasteiger partial charge in [0.05, 0.1) is 23.8 Å². The molecule has 2 aromatic carbocycles. The molecule has 3 aliphatic heterocycles. The molecule has 0 spiro atoms. The molecule has 0 saturated carbocycles. The van der Waals surface area contributed by atoms with Crippen molar-refractivity contribution in [3.63, 3.8) is 0 Å². The first kappa shape index (κ1) is 26.2. The van der Waals surface area contributed by atoms with Crippen molar-refractivity contribution in [1.82, 2.24) is 20.4 Å². The third-order valence-electron chi connectivity index (χ3n) is 6.81. The van der Waals surface area contributed by atoms with Crippen LogP contribution in [0, 0.1) is 0 Å². The number of hydrogen-bond acceptors (Lipinski definition) is 8. The predicted octanol–water partition coefficient (Wildman–Crippen LogP) is 0.374. The van der Waals surface area contributed by atoms with Gasteiger partial charge in [-0.3, -0.25) is 29.0 Å². The Kier molecular flexibility index (Phi) is 7.24. The van der Waals surface area contributed by atoms with Crippen LogP contribution in [0.4, 0.5) is 4.79 Å². The molecule has 5 rings (SSSR count). The van der Waals surface area contributed by atoms with Crippen LogP contribution in [0.1, 0.15) is 43.9 Å². The van der Waals surface area contributed by atoms with E-state index >= 15 is 0 Å². The van der Waals surface area contributed by atoms with Gasteiger partial charge in [-0.2, -0.15) is 0 Å². The number of urea groups is 1. The largest absolute Gasteiger partial charge is 0.388 e. The van der Waals surface area contributed by atoms with Crippen LogP contribution in [-0.2, 0) is 9.53 Å². The third-order valence-corrected chi connectivity index (χ3v) is 6.81. The van der Waals surface area contributed by atoms with E-state index in [1.165, 1.54) is 24.4 Å². The van der Waals surface area contributed by atoms with Gasteiger partial charge in [0, 0.05) is 18.2 Å². The molecule has 3 aliphatic rings. The van der Waals surface area contributed by atoms with Crippen molar-refractivity contribution in [3.8, 4) is 0 Å². The number of carbonyl (C=O) groups excluding carboxylic acids is 5. The smallest absolute Gasteiger partial charge is 0.325 e. The number of aliphatic hydroxyl groups excluding tert-OH is 2. The summed E-state index contributed by atoms with van der Waals surface area (Å²) in [5, 5.41) is 26.3. The van der Waals surface area contributed by atoms with Gasteiger partial charge in [0.25, 0.3) is 17.7 Å². The molecule has 5 atom stereocenters. The number of imide groups is 1. The Hall–Kier alpha value is -4.39. The van der Waals surface area contributed by atoms with Crippen LogP contribution in [0.25, 0.3) is 0 Å². The normalized spacial score (nSPS) is 26.0. The van der Waals surface area contributed by atoms with E-state index in [1.807, 2.05) is 0 Å². The fraction of sp³-hybridized carbons (Fsp3) is 0.296. The number of rotatable bonds is 8. The molecule has 39 heavy (non-hydrogen) atoms. The lowest BCUT2D eigenvalue weighted by Gasteiger charge is -2.32. The van der Waals surface area contributed by atoms with Crippen molar-refractivity contribution < 1.29 is 38.9 Å². The minimum absolute atomic E-state index is 0.00827. The number of fused-ring (bicyclic) bond motifs is 1. The Morgan fingerprint density at radius 2 is 1.56 bits per heavy atom. The van der Waals surface area contributed by atoms with Crippen molar-refractivity contribution in [2.45, 2.75) is 43.5 Å². The molecule has 12 heteroatoms. The van der Waals surface area contributed by atoms with Gasteiger partial charge in [-0.25, -0.2) is 4.79 Å². The van der Waals surface area contributed by atoms with Crippen LogP contribution in [0.2, 0.25) is 0 Å². The molecule has 4 N–H and O–H groups in total. The molecule has 0 aromatic heterocycles. The van der Waals surface area contributed by atoms with E-state index in [9.17, 15) is 34.2 Å². The second-order valence-corrected chi connectivity index (χ2v) is 9.38. The maximum Gasteiger partial charge on any atom is 0.325 e. The monoisotopic (exact) mass is 534 g/mol. The van der Waals surface area contributed by atoms with Gasteiger partial charge in [-0.15, -0.1) is 0 Å². The zero-order valence-electron chi connectivity index (χ0n) is 20.6.